The highest BCUT2D eigenvalue weighted by atomic mass is 79.9. The van der Waals surface area contributed by atoms with E-state index in [1.807, 2.05) is 0 Å². The van der Waals surface area contributed by atoms with Gasteiger partial charge in [-0.05, 0) is 22.0 Å². The Labute approximate surface area is 110 Å². The quantitative estimate of drug-likeness (QED) is 0.884. The molecule has 0 saturated heterocycles. The highest BCUT2D eigenvalue weighted by Gasteiger charge is 2.21. The van der Waals surface area contributed by atoms with E-state index < -0.39 is 5.97 Å². The van der Waals surface area contributed by atoms with Crippen molar-refractivity contribution in [2.24, 2.45) is 0 Å². The molecule has 1 aromatic heterocycles. The number of thiophene rings is 1. The van der Waals surface area contributed by atoms with E-state index in [-0.39, 0.29) is 16.2 Å². The van der Waals surface area contributed by atoms with Crippen molar-refractivity contribution in [1.82, 2.24) is 0 Å². The predicted molar refractivity (Wildman–Crippen MR) is 68.9 cm³/mol. The van der Waals surface area contributed by atoms with Crippen molar-refractivity contribution in [3.05, 3.63) is 56.2 Å². The predicted octanol–water partition coefficient (Wildman–Crippen LogP) is 3.44. The number of carbonyl (C=O) groups is 2. The van der Waals surface area contributed by atoms with Gasteiger partial charge in [0.05, 0.1) is 14.2 Å². The maximum absolute atomic E-state index is 12.1. The van der Waals surface area contributed by atoms with Crippen molar-refractivity contribution in [2.75, 3.05) is 0 Å². The number of benzene rings is 1. The standard InChI is InChI=1S/C12H7BrO3S/c13-9-6-8(12(15)16)11(17-9)10(14)7-4-2-1-3-5-7/h1-6H,(H,15,16). The number of hydrogen-bond acceptors (Lipinski definition) is 3. The SMILES string of the molecule is O=C(O)c1cc(Br)sc1C(=O)c1ccccc1. The van der Waals surface area contributed by atoms with Gasteiger partial charge < -0.3 is 5.11 Å². The fourth-order valence-electron chi connectivity index (χ4n) is 1.41. The molecule has 0 aliphatic heterocycles. The van der Waals surface area contributed by atoms with Crippen LogP contribution in [0, 0.1) is 0 Å². The molecule has 0 spiro atoms. The highest BCUT2D eigenvalue weighted by molar-refractivity contribution is 9.11. The zero-order valence-corrected chi connectivity index (χ0v) is 10.9. The summed E-state index contributed by atoms with van der Waals surface area (Å²) in [5.41, 5.74) is 0.528. The van der Waals surface area contributed by atoms with Gasteiger partial charge in [-0.1, -0.05) is 30.3 Å². The molecule has 2 aromatic rings. The molecule has 1 N–H and O–H groups in total. The van der Waals surface area contributed by atoms with Gasteiger partial charge in [-0.2, -0.15) is 0 Å². The average molecular weight is 311 g/mol. The van der Waals surface area contributed by atoms with Crippen LogP contribution in [0.1, 0.15) is 25.6 Å². The Hall–Kier alpha value is -1.46. The number of carboxylic acid groups (broad SMARTS) is 1. The van der Waals surface area contributed by atoms with Crippen molar-refractivity contribution in [2.45, 2.75) is 0 Å². The van der Waals surface area contributed by atoms with Gasteiger partial charge in [0, 0.05) is 5.56 Å². The Morgan fingerprint density at radius 2 is 1.82 bits per heavy atom. The third-order valence-corrected chi connectivity index (χ3v) is 3.81. The summed E-state index contributed by atoms with van der Waals surface area (Å²) in [5.74, 6) is -1.36. The number of hydrogen-bond donors (Lipinski definition) is 1. The number of carbonyl (C=O) groups excluding carboxylic acids is 1. The fraction of sp³-hybridized carbons (Fsp3) is 0. The number of halogens is 1. The first-order valence-corrected chi connectivity index (χ1v) is 6.33. The van der Waals surface area contributed by atoms with Crippen molar-refractivity contribution in [1.29, 1.82) is 0 Å². The molecule has 0 bridgehead atoms. The molecule has 0 radical (unpaired) electrons. The lowest BCUT2D eigenvalue weighted by Crippen LogP contribution is -2.05. The molecule has 0 unspecified atom stereocenters. The molecular weight excluding hydrogens is 304 g/mol. The summed E-state index contributed by atoms with van der Waals surface area (Å²) in [4.78, 5) is 23.4. The van der Waals surface area contributed by atoms with Crippen LogP contribution in [0.2, 0.25) is 0 Å². The minimum Gasteiger partial charge on any atom is -0.478 e. The third-order valence-electron chi connectivity index (χ3n) is 2.17. The number of carboxylic acids is 1. The first-order valence-electron chi connectivity index (χ1n) is 4.72. The highest BCUT2D eigenvalue weighted by Crippen LogP contribution is 2.29. The lowest BCUT2D eigenvalue weighted by Gasteiger charge is -1.99. The summed E-state index contributed by atoms with van der Waals surface area (Å²) in [6, 6.07) is 10.1. The molecular formula is C12H7BrO3S. The molecule has 1 aromatic carbocycles. The van der Waals surface area contributed by atoms with Crippen LogP contribution in [0.4, 0.5) is 0 Å². The van der Waals surface area contributed by atoms with Gasteiger partial charge >= 0.3 is 5.97 Å². The molecule has 0 aliphatic carbocycles. The maximum atomic E-state index is 12.1. The molecule has 3 nitrogen and oxygen atoms in total. The summed E-state index contributed by atoms with van der Waals surface area (Å²) in [6.45, 7) is 0. The van der Waals surface area contributed by atoms with E-state index in [4.69, 9.17) is 5.11 Å². The van der Waals surface area contributed by atoms with Crippen LogP contribution in [0.5, 0.6) is 0 Å². The molecule has 1 heterocycles. The number of aromatic carboxylic acids is 1. The molecule has 86 valence electrons. The van der Waals surface area contributed by atoms with E-state index in [2.05, 4.69) is 15.9 Å². The normalized spacial score (nSPS) is 10.2. The van der Waals surface area contributed by atoms with Crippen molar-refractivity contribution >= 4 is 39.0 Å². The maximum Gasteiger partial charge on any atom is 0.337 e. The Morgan fingerprint density at radius 3 is 2.41 bits per heavy atom. The van der Waals surface area contributed by atoms with Crippen LogP contribution in [0.3, 0.4) is 0 Å². The summed E-state index contributed by atoms with van der Waals surface area (Å²) in [5, 5.41) is 9.01. The Morgan fingerprint density at radius 1 is 1.18 bits per heavy atom. The van der Waals surface area contributed by atoms with Gasteiger partial charge in [0.1, 0.15) is 0 Å². The van der Waals surface area contributed by atoms with E-state index in [0.717, 1.165) is 11.3 Å². The summed E-state index contributed by atoms with van der Waals surface area (Å²) >= 11 is 4.33. The molecule has 2 rings (SSSR count). The van der Waals surface area contributed by atoms with Gasteiger partial charge in [0.25, 0.3) is 0 Å². The third kappa shape index (κ3) is 2.45. The molecule has 0 atom stereocenters. The van der Waals surface area contributed by atoms with Gasteiger partial charge in [0.2, 0.25) is 5.78 Å². The zero-order valence-electron chi connectivity index (χ0n) is 8.51. The van der Waals surface area contributed by atoms with Crippen molar-refractivity contribution in [3.8, 4) is 0 Å². The molecule has 0 fully saturated rings. The smallest absolute Gasteiger partial charge is 0.337 e. The molecule has 0 amide bonds. The van der Waals surface area contributed by atoms with E-state index in [0.29, 0.717) is 9.35 Å². The van der Waals surface area contributed by atoms with Crippen LogP contribution in [0.15, 0.2) is 40.2 Å². The van der Waals surface area contributed by atoms with Crippen molar-refractivity contribution in [3.63, 3.8) is 0 Å². The second-order valence-corrected chi connectivity index (χ2v) is 5.73. The van der Waals surface area contributed by atoms with Crippen LogP contribution in [0.25, 0.3) is 0 Å². The average Bonchev–Trinajstić information content (AvgIpc) is 2.72. The van der Waals surface area contributed by atoms with E-state index in [1.165, 1.54) is 6.07 Å². The van der Waals surface area contributed by atoms with Gasteiger partial charge in [-0.3, -0.25) is 4.79 Å². The fourth-order valence-corrected chi connectivity index (χ4v) is 2.96. The van der Waals surface area contributed by atoms with Crippen LogP contribution in [-0.2, 0) is 0 Å². The van der Waals surface area contributed by atoms with Crippen LogP contribution < -0.4 is 0 Å². The van der Waals surface area contributed by atoms with E-state index in [1.54, 1.807) is 30.3 Å². The summed E-state index contributed by atoms with van der Waals surface area (Å²) in [7, 11) is 0. The second-order valence-electron chi connectivity index (χ2n) is 3.29. The van der Waals surface area contributed by atoms with Crippen molar-refractivity contribution < 1.29 is 14.7 Å². The van der Waals surface area contributed by atoms with Gasteiger partial charge in [-0.25, -0.2) is 4.79 Å². The molecule has 0 aliphatic rings. The Balaban J connectivity index is 2.48. The topological polar surface area (TPSA) is 54.4 Å². The van der Waals surface area contributed by atoms with Gasteiger partial charge in [-0.15, -0.1) is 11.3 Å². The van der Waals surface area contributed by atoms with E-state index in [9.17, 15) is 9.59 Å². The number of ketones is 1. The first-order chi connectivity index (χ1) is 8.09. The van der Waals surface area contributed by atoms with Gasteiger partial charge in [0.15, 0.2) is 0 Å². The summed E-state index contributed by atoms with van der Waals surface area (Å²) < 4.78 is 0.634. The lowest BCUT2D eigenvalue weighted by atomic mass is 10.1. The van der Waals surface area contributed by atoms with Crippen LogP contribution >= 0.6 is 27.3 Å². The van der Waals surface area contributed by atoms with Crippen LogP contribution in [-0.4, -0.2) is 16.9 Å². The van der Waals surface area contributed by atoms with E-state index >= 15 is 0 Å². The molecule has 17 heavy (non-hydrogen) atoms. The number of rotatable bonds is 3. The summed E-state index contributed by atoms with van der Waals surface area (Å²) in [6.07, 6.45) is 0. The first kappa shape index (κ1) is 12.0. The molecule has 0 saturated carbocycles. The Bertz CT molecular complexity index is 575. The monoisotopic (exact) mass is 310 g/mol. The zero-order chi connectivity index (χ0) is 12.4. The second kappa shape index (κ2) is 4.81. The largest absolute Gasteiger partial charge is 0.478 e. The minimum atomic E-state index is -1.09. The Kier molecular flexibility index (Phi) is 3.40. The molecule has 5 heteroatoms. The lowest BCUT2D eigenvalue weighted by molar-refractivity contribution is 0.0693. The minimum absolute atomic E-state index is 0.0377.